The maximum absolute atomic E-state index is 11.6. The van der Waals surface area contributed by atoms with Crippen LogP contribution >= 0.6 is 23.6 Å². The van der Waals surface area contributed by atoms with Crippen LogP contribution < -0.4 is 10.6 Å². The van der Waals surface area contributed by atoms with E-state index in [-0.39, 0.29) is 12.0 Å². The zero-order valence-corrected chi connectivity index (χ0v) is 15.5. The van der Waals surface area contributed by atoms with Crippen LogP contribution in [-0.4, -0.2) is 18.2 Å². The molecule has 0 aliphatic carbocycles. The Bertz CT molecular complexity index is 906. The highest BCUT2D eigenvalue weighted by atomic mass is 32.1. The Morgan fingerprint density at radius 1 is 1.16 bits per heavy atom. The van der Waals surface area contributed by atoms with E-state index in [1.54, 1.807) is 0 Å². The van der Waals surface area contributed by atoms with Crippen molar-refractivity contribution in [1.29, 1.82) is 0 Å². The van der Waals surface area contributed by atoms with Crippen molar-refractivity contribution in [2.75, 3.05) is 12.4 Å². The molecule has 0 fully saturated rings. The smallest absolute Gasteiger partial charge is 0.348 e. The van der Waals surface area contributed by atoms with Gasteiger partial charge in [0.1, 0.15) is 4.88 Å². The van der Waals surface area contributed by atoms with E-state index in [9.17, 15) is 4.79 Å². The summed E-state index contributed by atoms with van der Waals surface area (Å²) in [5, 5.41) is 8.01. The molecule has 2 N–H and O–H groups in total. The molecule has 1 heterocycles. The molecule has 0 radical (unpaired) electrons. The number of carbonyl (C=O) groups excluding carboxylic acids is 1. The molecule has 1 aromatic heterocycles. The highest BCUT2D eigenvalue weighted by molar-refractivity contribution is 7.80. The van der Waals surface area contributed by atoms with Gasteiger partial charge in [-0.2, -0.15) is 0 Å². The molecule has 0 aliphatic rings. The van der Waals surface area contributed by atoms with Crippen molar-refractivity contribution in [3.05, 3.63) is 65.0 Å². The standard InChI is InChI=1S/C19H18N2O2S2/c1-12(13-6-4-3-5-7-13)20-19(24)21-15-8-9-16-14(10-15)11-17(25-16)18(22)23-2/h3-12H,1-2H3,(H2,20,21,24). The summed E-state index contributed by atoms with van der Waals surface area (Å²) in [4.78, 5) is 12.2. The van der Waals surface area contributed by atoms with Crippen LogP contribution in [-0.2, 0) is 4.74 Å². The zero-order chi connectivity index (χ0) is 17.8. The summed E-state index contributed by atoms with van der Waals surface area (Å²) in [7, 11) is 1.39. The number of carbonyl (C=O) groups is 1. The molecule has 0 bridgehead atoms. The lowest BCUT2D eigenvalue weighted by Gasteiger charge is -2.17. The molecule has 2 aromatic carbocycles. The van der Waals surface area contributed by atoms with Crippen molar-refractivity contribution in [1.82, 2.24) is 5.32 Å². The Morgan fingerprint density at radius 3 is 2.64 bits per heavy atom. The lowest BCUT2D eigenvalue weighted by molar-refractivity contribution is 0.0606. The van der Waals surface area contributed by atoms with Crippen molar-refractivity contribution in [3.8, 4) is 0 Å². The quantitative estimate of drug-likeness (QED) is 0.513. The fourth-order valence-corrected chi connectivity index (χ4v) is 3.77. The number of thiocarbonyl (C=S) groups is 1. The second kappa shape index (κ2) is 7.63. The third-order valence-electron chi connectivity index (χ3n) is 3.81. The summed E-state index contributed by atoms with van der Waals surface area (Å²) in [5.74, 6) is -0.315. The minimum atomic E-state index is -0.315. The van der Waals surface area contributed by atoms with Crippen molar-refractivity contribution in [3.63, 3.8) is 0 Å². The van der Waals surface area contributed by atoms with E-state index in [2.05, 4.69) is 29.7 Å². The summed E-state index contributed by atoms with van der Waals surface area (Å²) in [6, 6.07) is 18.0. The summed E-state index contributed by atoms with van der Waals surface area (Å²) in [6.45, 7) is 2.06. The van der Waals surface area contributed by atoms with Gasteiger partial charge in [0.15, 0.2) is 5.11 Å². The highest BCUT2D eigenvalue weighted by Gasteiger charge is 2.11. The van der Waals surface area contributed by atoms with Crippen LogP contribution in [0.2, 0.25) is 0 Å². The average molecular weight is 370 g/mol. The van der Waals surface area contributed by atoms with Crippen LogP contribution in [0.25, 0.3) is 10.1 Å². The van der Waals surface area contributed by atoms with Crippen molar-refractivity contribution >= 4 is 50.4 Å². The van der Waals surface area contributed by atoms with Gasteiger partial charge in [-0.25, -0.2) is 4.79 Å². The first kappa shape index (κ1) is 17.4. The zero-order valence-electron chi connectivity index (χ0n) is 13.9. The lowest BCUT2D eigenvalue weighted by Crippen LogP contribution is -2.30. The fourth-order valence-electron chi connectivity index (χ4n) is 2.51. The van der Waals surface area contributed by atoms with Gasteiger partial charge in [0, 0.05) is 10.4 Å². The molecular formula is C19H18N2O2S2. The summed E-state index contributed by atoms with van der Waals surface area (Å²) in [5.41, 5.74) is 2.04. The predicted molar refractivity (Wildman–Crippen MR) is 107 cm³/mol. The monoisotopic (exact) mass is 370 g/mol. The maximum Gasteiger partial charge on any atom is 0.348 e. The molecule has 0 saturated carbocycles. The van der Waals surface area contributed by atoms with Crippen LogP contribution in [0.4, 0.5) is 5.69 Å². The van der Waals surface area contributed by atoms with Gasteiger partial charge in [0.25, 0.3) is 0 Å². The fraction of sp³-hybridized carbons (Fsp3) is 0.158. The van der Waals surface area contributed by atoms with Crippen molar-refractivity contribution in [2.45, 2.75) is 13.0 Å². The normalized spacial score (nSPS) is 11.8. The largest absolute Gasteiger partial charge is 0.465 e. The topological polar surface area (TPSA) is 50.4 Å². The first-order valence-electron chi connectivity index (χ1n) is 7.81. The summed E-state index contributed by atoms with van der Waals surface area (Å²) < 4.78 is 5.80. The molecule has 25 heavy (non-hydrogen) atoms. The molecule has 3 aromatic rings. The Kier molecular flexibility index (Phi) is 5.31. The molecule has 0 saturated heterocycles. The number of thiophene rings is 1. The van der Waals surface area contributed by atoms with Gasteiger partial charge < -0.3 is 15.4 Å². The average Bonchev–Trinajstić information content (AvgIpc) is 3.05. The molecule has 6 heteroatoms. The second-order valence-corrected chi connectivity index (χ2v) is 7.08. The molecule has 1 unspecified atom stereocenters. The molecule has 0 spiro atoms. The molecule has 1 atom stereocenters. The number of fused-ring (bicyclic) bond motifs is 1. The van der Waals surface area contributed by atoms with Gasteiger partial charge in [-0.15, -0.1) is 11.3 Å². The first-order valence-corrected chi connectivity index (χ1v) is 9.03. The third-order valence-corrected chi connectivity index (χ3v) is 5.12. The first-order chi connectivity index (χ1) is 12.1. The number of methoxy groups -OCH3 is 1. The third kappa shape index (κ3) is 4.15. The SMILES string of the molecule is COC(=O)c1cc2cc(NC(=S)NC(C)c3ccccc3)ccc2s1. The lowest BCUT2D eigenvalue weighted by atomic mass is 10.1. The molecule has 3 rings (SSSR count). The van der Waals surface area contributed by atoms with Gasteiger partial charge in [-0.05, 0) is 54.4 Å². The van der Waals surface area contributed by atoms with Crippen molar-refractivity contribution in [2.24, 2.45) is 0 Å². The van der Waals surface area contributed by atoms with E-state index >= 15 is 0 Å². The van der Waals surface area contributed by atoms with Crippen LogP contribution in [0.3, 0.4) is 0 Å². The summed E-state index contributed by atoms with van der Waals surface area (Å²) >= 11 is 6.82. The van der Waals surface area contributed by atoms with E-state index in [1.807, 2.05) is 42.5 Å². The Balaban J connectivity index is 1.69. The molecule has 4 nitrogen and oxygen atoms in total. The van der Waals surface area contributed by atoms with Crippen LogP contribution in [0, 0.1) is 0 Å². The van der Waals surface area contributed by atoms with Crippen LogP contribution in [0.15, 0.2) is 54.6 Å². The number of hydrogen-bond acceptors (Lipinski definition) is 4. The van der Waals surface area contributed by atoms with Gasteiger partial charge >= 0.3 is 5.97 Å². The van der Waals surface area contributed by atoms with E-state index in [0.717, 1.165) is 15.8 Å². The van der Waals surface area contributed by atoms with Crippen LogP contribution in [0.1, 0.15) is 28.2 Å². The van der Waals surface area contributed by atoms with Gasteiger partial charge in [0.2, 0.25) is 0 Å². The highest BCUT2D eigenvalue weighted by Crippen LogP contribution is 2.28. The number of rotatable bonds is 4. The minimum Gasteiger partial charge on any atom is -0.465 e. The number of nitrogens with one attached hydrogen (secondary N) is 2. The number of esters is 1. The Labute approximate surface area is 155 Å². The van der Waals surface area contributed by atoms with Gasteiger partial charge in [-0.1, -0.05) is 30.3 Å². The van der Waals surface area contributed by atoms with E-state index in [0.29, 0.717) is 9.99 Å². The molecule has 0 aliphatic heterocycles. The van der Waals surface area contributed by atoms with Crippen LogP contribution in [0.5, 0.6) is 0 Å². The molecule has 0 amide bonds. The van der Waals surface area contributed by atoms with E-state index in [4.69, 9.17) is 17.0 Å². The number of anilines is 1. The van der Waals surface area contributed by atoms with Crippen molar-refractivity contribution < 1.29 is 9.53 Å². The summed E-state index contributed by atoms with van der Waals surface area (Å²) in [6.07, 6.45) is 0. The van der Waals surface area contributed by atoms with E-state index < -0.39 is 0 Å². The van der Waals surface area contributed by atoms with Gasteiger partial charge in [0.05, 0.1) is 13.2 Å². The number of benzene rings is 2. The maximum atomic E-state index is 11.6. The van der Waals surface area contributed by atoms with E-state index in [1.165, 1.54) is 24.0 Å². The minimum absolute atomic E-state index is 0.108. The number of hydrogen-bond donors (Lipinski definition) is 2. The predicted octanol–water partition coefficient (Wildman–Crippen LogP) is 4.74. The van der Waals surface area contributed by atoms with Gasteiger partial charge in [-0.3, -0.25) is 0 Å². The molecule has 128 valence electrons. The molecular weight excluding hydrogens is 352 g/mol. The number of ether oxygens (including phenoxy) is 1. The Hall–Kier alpha value is -2.44. The Morgan fingerprint density at radius 2 is 1.92 bits per heavy atom. The second-order valence-electron chi connectivity index (χ2n) is 5.59.